The van der Waals surface area contributed by atoms with Crippen molar-refractivity contribution < 1.29 is 0 Å². The molecule has 0 atom stereocenters. The summed E-state index contributed by atoms with van der Waals surface area (Å²) < 4.78 is 0. The van der Waals surface area contributed by atoms with Crippen LogP contribution in [0.2, 0.25) is 0 Å². The van der Waals surface area contributed by atoms with Crippen molar-refractivity contribution in [3.05, 3.63) is 146 Å². The quantitative estimate of drug-likeness (QED) is 0.200. The van der Waals surface area contributed by atoms with Crippen molar-refractivity contribution in [1.29, 1.82) is 0 Å². The molecule has 4 heterocycles. The van der Waals surface area contributed by atoms with Crippen LogP contribution in [-0.2, 0) is 0 Å². The molecule has 0 saturated heterocycles. The highest BCUT2D eigenvalue weighted by molar-refractivity contribution is 6.26. The average Bonchev–Trinajstić information content (AvgIpc) is 3.09. The molecular weight excluding hydrogens is 536 g/mol. The fraction of sp³-hybridized carbons (Fsp3) is 0.0500. The molecule has 8 rings (SSSR count). The molecule has 4 aromatic heterocycles. The van der Waals surface area contributed by atoms with Gasteiger partial charge < -0.3 is 0 Å². The van der Waals surface area contributed by atoms with Crippen LogP contribution in [-0.4, -0.2) is 19.9 Å². The minimum absolute atomic E-state index is 1.10. The Morgan fingerprint density at radius 2 is 0.705 bits per heavy atom. The monoisotopic (exact) mass is 564 g/mol. The van der Waals surface area contributed by atoms with Crippen LogP contribution in [0, 0.1) is 13.8 Å². The second-order valence-corrected chi connectivity index (χ2v) is 11.3. The molecule has 0 unspecified atom stereocenters. The van der Waals surface area contributed by atoms with E-state index in [-0.39, 0.29) is 0 Å². The third-order valence-electron chi connectivity index (χ3n) is 8.79. The summed E-state index contributed by atoms with van der Waals surface area (Å²) in [5.41, 5.74) is 11.6. The first kappa shape index (κ1) is 25.9. The molecule has 0 fully saturated rings. The van der Waals surface area contributed by atoms with Gasteiger partial charge >= 0.3 is 0 Å². The predicted octanol–water partition coefficient (Wildman–Crippen LogP) is 10.0. The number of rotatable bonds is 4. The third kappa shape index (κ3) is 4.31. The molecule has 0 amide bonds. The van der Waals surface area contributed by atoms with Gasteiger partial charge in [-0.25, -0.2) is 0 Å². The van der Waals surface area contributed by atoms with Crippen LogP contribution in [0.25, 0.3) is 76.8 Å². The van der Waals surface area contributed by atoms with E-state index in [1.54, 1.807) is 0 Å². The van der Waals surface area contributed by atoms with Crippen molar-refractivity contribution in [1.82, 2.24) is 19.9 Å². The lowest BCUT2D eigenvalue weighted by Gasteiger charge is -2.16. The van der Waals surface area contributed by atoms with Gasteiger partial charge in [0.1, 0.15) is 0 Å². The van der Waals surface area contributed by atoms with E-state index in [0.717, 1.165) is 44.5 Å². The first-order valence-corrected chi connectivity index (χ1v) is 14.8. The van der Waals surface area contributed by atoms with Gasteiger partial charge in [-0.3, -0.25) is 19.9 Å². The maximum absolute atomic E-state index is 4.51. The van der Waals surface area contributed by atoms with Crippen LogP contribution in [0.15, 0.2) is 135 Å². The Morgan fingerprint density at radius 1 is 0.318 bits per heavy atom. The molecule has 44 heavy (non-hydrogen) atoms. The van der Waals surface area contributed by atoms with E-state index in [2.05, 4.69) is 119 Å². The Labute approximate surface area is 255 Å². The summed E-state index contributed by atoms with van der Waals surface area (Å²) in [6.45, 7) is 4.40. The van der Waals surface area contributed by atoms with Crippen molar-refractivity contribution >= 4 is 32.3 Å². The molecule has 0 spiro atoms. The Bertz CT molecular complexity index is 2180. The van der Waals surface area contributed by atoms with Crippen LogP contribution in [0.3, 0.4) is 0 Å². The number of pyridine rings is 4. The lowest BCUT2D eigenvalue weighted by Crippen LogP contribution is -1.91. The topological polar surface area (TPSA) is 51.6 Å². The minimum Gasteiger partial charge on any atom is -0.265 e. The standard InChI is InChI=1S/C40H28N4/c1-25-19-35-36(20-26(25)2)38-22-30(40-24-44-18-12-32(40)28-9-15-42-16-10-28)4-6-34(38)33-5-3-29(21-37(33)35)39-23-43-17-11-31(39)27-7-13-41-14-8-27/h3-24H,1-2H3. The first-order chi connectivity index (χ1) is 21.7. The van der Waals surface area contributed by atoms with Gasteiger partial charge in [-0.1, -0.05) is 36.4 Å². The van der Waals surface area contributed by atoms with Crippen LogP contribution in [0.4, 0.5) is 0 Å². The number of fused-ring (bicyclic) bond motifs is 6. The van der Waals surface area contributed by atoms with Crippen LogP contribution >= 0.6 is 0 Å². The smallest absolute Gasteiger partial charge is 0.0352 e. The fourth-order valence-corrected chi connectivity index (χ4v) is 6.42. The van der Waals surface area contributed by atoms with Crippen LogP contribution in [0.1, 0.15) is 11.1 Å². The Morgan fingerprint density at radius 3 is 1.14 bits per heavy atom. The molecule has 4 aromatic carbocycles. The number of nitrogens with zero attached hydrogens (tertiary/aromatic N) is 4. The summed E-state index contributed by atoms with van der Waals surface area (Å²) in [4.78, 5) is 17.5. The van der Waals surface area contributed by atoms with Gasteiger partial charge in [-0.15, -0.1) is 0 Å². The van der Waals surface area contributed by atoms with E-state index in [0.29, 0.717) is 0 Å². The summed E-state index contributed by atoms with van der Waals surface area (Å²) in [7, 11) is 0. The largest absolute Gasteiger partial charge is 0.265 e. The number of benzene rings is 4. The van der Waals surface area contributed by atoms with E-state index in [4.69, 9.17) is 0 Å². The lowest BCUT2D eigenvalue weighted by atomic mass is 9.87. The zero-order valence-electron chi connectivity index (χ0n) is 24.5. The molecule has 4 nitrogen and oxygen atoms in total. The van der Waals surface area contributed by atoms with Gasteiger partial charge in [0.25, 0.3) is 0 Å². The molecule has 0 N–H and O–H groups in total. The molecule has 0 aliphatic heterocycles. The SMILES string of the molecule is Cc1cc2c3cc(-c4cnccc4-c4ccncc4)ccc3c3ccc(-c4cnccc4-c4ccncc4)cc3c2cc1C. The van der Waals surface area contributed by atoms with Gasteiger partial charge in [0.2, 0.25) is 0 Å². The zero-order valence-corrected chi connectivity index (χ0v) is 24.5. The van der Waals surface area contributed by atoms with Crippen molar-refractivity contribution in [2.24, 2.45) is 0 Å². The van der Waals surface area contributed by atoms with Crippen molar-refractivity contribution in [2.45, 2.75) is 13.8 Å². The predicted molar refractivity (Wildman–Crippen MR) is 181 cm³/mol. The van der Waals surface area contributed by atoms with Crippen molar-refractivity contribution in [3.8, 4) is 44.5 Å². The molecule has 0 aliphatic carbocycles. The third-order valence-corrected chi connectivity index (χ3v) is 8.79. The molecule has 0 aliphatic rings. The van der Waals surface area contributed by atoms with Gasteiger partial charge in [-0.05, 0) is 139 Å². The molecule has 0 radical (unpaired) electrons. The van der Waals surface area contributed by atoms with Gasteiger partial charge in [0, 0.05) is 60.7 Å². The van der Waals surface area contributed by atoms with Gasteiger partial charge in [0.15, 0.2) is 0 Å². The molecule has 0 saturated carbocycles. The molecule has 208 valence electrons. The summed E-state index contributed by atoms with van der Waals surface area (Å²) >= 11 is 0. The average molecular weight is 565 g/mol. The molecule has 4 heteroatoms. The first-order valence-electron chi connectivity index (χ1n) is 14.8. The zero-order chi connectivity index (χ0) is 29.6. The van der Waals surface area contributed by atoms with Gasteiger partial charge in [0.05, 0.1) is 0 Å². The van der Waals surface area contributed by atoms with E-state index in [1.165, 1.54) is 43.4 Å². The maximum Gasteiger partial charge on any atom is 0.0352 e. The molecular formula is C40H28N4. The normalized spacial score (nSPS) is 11.4. The van der Waals surface area contributed by atoms with Crippen LogP contribution < -0.4 is 0 Å². The summed E-state index contributed by atoms with van der Waals surface area (Å²) in [5, 5.41) is 7.46. The van der Waals surface area contributed by atoms with Crippen LogP contribution in [0.5, 0.6) is 0 Å². The van der Waals surface area contributed by atoms with Gasteiger partial charge in [-0.2, -0.15) is 0 Å². The minimum atomic E-state index is 1.10. The second-order valence-electron chi connectivity index (χ2n) is 11.3. The highest BCUT2D eigenvalue weighted by Gasteiger charge is 2.15. The Kier molecular flexibility index (Phi) is 6.20. The van der Waals surface area contributed by atoms with Crippen molar-refractivity contribution in [2.75, 3.05) is 0 Å². The highest BCUT2D eigenvalue weighted by Crippen LogP contribution is 2.42. The lowest BCUT2D eigenvalue weighted by molar-refractivity contribution is 1.31. The van der Waals surface area contributed by atoms with E-state index in [1.807, 2.05) is 49.6 Å². The van der Waals surface area contributed by atoms with Crippen molar-refractivity contribution in [3.63, 3.8) is 0 Å². The fourth-order valence-electron chi connectivity index (χ4n) is 6.42. The number of hydrogen-bond acceptors (Lipinski definition) is 4. The Balaban J connectivity index is 1.39. The summed E-state index contributed by atoms with van der Waals surface area (Å²) in [6, 6.07) is 30.8. The molecule has 8 aromatic rings. The number of hydrogen-bond donors (Lipinski definition) is 0. The van der Waals surface area contributed by atoms with E-state index in [9.17, 15) is 0 Å². The summed E-state index contributed by atoms with van der Waals surface area (Å²) in [6.07, 6.45) is 15.0. The number of aryl methyl sites for hydroxylation is 2. The number of aromatic nitrogens is 4. The highest BCUT2D eigenvalue weighted by atomic mass is 14.6. The second kappa shape index (κ2) is 10.5. The summed E-state index contributed by atoms with van der Waals surface area (Å²) in [5.74, 6) is 0. The van der Waals surface area contributed by atoms with E-state index < -0.39 is 0 Å². The Hall–Kier alpha value is -5.74. The van der Waals surface area contributed by atoms with E-state index >= 15 is 0 Å². The maximum atomic E-state index is 4.51. The molecule has 0 bridgehead atoms.